The Kier molecular flexibility index (Phi) is 3.46. The molecule has 16 heavy (non-hydrogen) atoms. The number of hydrogen-bond acceptors (Lipinski definition) is 3. The van der Waals surface area contributed by atoms with Gasteiger partial charge in [-0.15, -0.1) is 0 Å². The van der Waals surface area contributed by atoms with E-state index in [9.17, 15) is 5.11 Å². The van der Waals surface area contributed by atoms with Gasteiger partial charge in [0.05, 0.1) is 6.10 Å². The largest absolute Gasteiger partial charge is 0.399 e. The highest BCUT2D eigenvalue weighted by molar-refractivity contribution is 5.39. The van der Waals surface area contributed by atoms with Gasteiger partial charge >= 0.3 is 0 Å². The molecule has 88 valence electrons. The van der Waals surface area contributed by atoms with Crippen LogP contribution in [0.25, 0.3) is 0 Å². The van der Waals surface area contributed by atoms with Crippen molar-refractivity contribution in [2.24, 2.45) is 0 Å². The maximum Gasteiger partial charge on any atom is 0.0917 e. The Hall–Kier alpha value is -1.06. The molecule has 0 spiro atoms. The Morgan fingerprint density at radius 2 is 2.00 bits per heavy atom. The number of benzene rings is 1. The summed E-state index contributed by atoms with van der Waals surface area (Å²) in [6.45, 7) is 3.88. The Morgan fingerprint density at radius 1 is 1.38 bits per heavy atom. The third-order valence-corrected chi connectivity index (χ3v) is 3.20. The Bertz CT molecular complexity index is 332. The molecular formula is C13H20N2O. The lowest BCUT2D eigenvalue weighted by Crippen LogP contribution is -2.30. The number of rotatable bonds is 5. The van der Waals surface area contributed by atoms with Crippen molar-refractivity contribution in [1.29, 1.82) is 0 Å². The average Bonchev–Trinajstić information content (AvgIpc) is 3.10. The molecule has 0 radical (unpaired) electrons. The second kappa shape index (κ2) is 4.85. The quantitative estimate of drug-likeness (QED) is 0.744. The van der Waals surface area contributed by atoms with Gasteiger partial charge < -0.3 is 10.8 Å². The lowest BCUT2D eigenvalue weighted by Gasteiger charge is -2.23. The fraction of sp³-hybridized carbons (Fsp3) is 0.538. The van der Waals surface area contributed by atoms with Crippen LogP contribution in [0.1, 0.15) is 31.4 Å². The topological polar surface area (TPSA) is 49.5 Å². The van der Waals surface area contributed by atoms with E-state index in [1.165, 1.54) is 12.8 Å². The van der Waals surface area contributed by atoms with E-state index >= 15 is 0 Å². The van der Waals surface area contributed by atoms with Gasteiger partial charge in [-0.2, -0.15) is 0 Å². The van der Waals surface area contributed by atoms with Gasteiger partial charge in [-0.3, -0.25) is 4.90 Å². The van der Waals surface area contributed by atoms with Crippen LogP contribution in [-0.4, -0.2) is 29.1 Å². The number of aliphatic hydroxyl groups is 1. The Morgan fingerprint density at radius 3 is 2.50 bits per heavy atom. The van der Waals surface area contributed by atoms with Crippen LogP contribution in [0.5, 0.6) is 0 Å². The molecule has 2 rings (SSSR count). The van der Waals surface area contributed by atoms with Crippen molar-refractivity contribution >= 4 is 5.69 Å². The molecular weight excluding hydrogens is 200 g/mol. The van der Waals surface area contributed by atoms with E-state index in [2.05, 4.69) is 11.8 Å². The van der Waals surface area contributed by atoms with Crippen LogP contribution in [0.15, 0.2) is 24.3 Å². The molecule has 3 heteroatoms. The first-order chi connectivity index (χ1) is 7.70. The van der Waals surface area contributed by atoms with E-state index in [4.69, 9.17) is 5.73 Å². The smallest absolute Gasteiger partial charge is 0.0917 e. The molecule has 1 fully saturated rings. The molecule has 1 aliphatic carbocycles. The number of nitrogens with two attached hydrogens (primary N) is 1. The zero-order valence-electron chi connectivity index (χ0n) is 9.76. The molecule has 1 atom stereocenters. The maximum atomic E-state index is 10.1. The van der Waals surface area contributed by atoms with Gasteiger partial charge in [-0.05, 0) is 37.1 Å². The number of hydrogen-bond donors (Lipinski definition) is 2. The summed E-state index contributed by atoms with van der Waals surface area (Å²) in [5.41, 5.74) is 7.31. The third-order valence-electron chi connectivity index (χ3n) is 3.20. The van der Waals surface area contributed by atoms with Crippen molar-refractivity contribution in [2.75, 3.05) is 18.8 Å². The van der Waals surface area contributed by atoms with Crippen LogP contribution >= 0.6 is 0 Å². The molecule has 1 aliphatic rings. The summed E-state index contributed by atoms with van der Waals surface area (Å²) in [6, 6.07) is 8.19. The van der Waals surface area contributed by atoms with Crippen LogP contribution in [0.3, 0.4) is 0 Å². The molecule has 1 aromatic rings. The molecule has 1 aromatic carbocycles. The molecule has 0 heterocycles. The van der Waals surface area contributed by atoms with Crippen molar-refractivity contribution < 1.29 is 5.11 Å². The Labute approximate surface area is 96.9 Å². The standard InChI is InChI=1S/C13H20N2O/c1-2-15(12-7-8-12)9-13(16)10-3-5-11(14)6-4-10/h3-6,12-13,16H,2,7-9,14H2,1H3. The van der Waals surface area contributed by atoms with Gasteiger partial charge in [0.25, 0.3) is 0 Å². The number of anilines is 1. The molecule has 3 nitrogen and oxygen atoms in total. The van der Waals surface area contributed by atoms with Crippen molar-refractivity contribution in [3.63, 3.8) is 0 Å². The van der Waals surface area contributed by atoms with Crippen LogP contribution < -0.4 is 5.73 Å². The van der Waals surface area contributed by atoms with Crippen LogP contribution in [0, 0.1) is 0 Å². The lowest BCUT2D eigenvalue weighted by atomic mass is 10.1. The molecule has 1 unspecified atom stereocenters. The van der Waals surface area contributed by atoms with Crippen molar-refractivity contribution in [2.45, 2.75) is 31.9 Å². The first-order valence-corrected chi connectivity index (χ1v) is 5.98. The molecule has 0 aromatic heterocycles. The summed E-state index contributed by atoms with van der Waals surface area (Å²) in [7, 11) is 0. The van der Waals surface area contributed by atoms with Crippen molar-refractivity contribution in [3.8, 4) is 0 Å². The molecule has 0 saturated heterocycles. The maximum absolute atomic E-state index is 10.1. The fourth-order valence-electron chi connectivity index (χ4n) is 2.02. The lowest BCUT2D eigenvalue weighted by molar-refractivity contribution is 0.112. The summed E-state index contributed by atoms with van der Waals surface area (Å²) >= 11 is 0. The van der Waals surface area contributed by atoms with E-state index in [0.29, 0.717) is 6.04 Å². The second-order valence-electron chi connectivity index (χ2n) is 4.50. The minimum Gasteiger partial charge on any atom is -0.399 e. The molecule has 0 amide bonds. The zero-order valence-corrected chi connectivity index (χ0v) is 9.76. The summed E-state index contributed by atoms with van der Waals surface area (Å²) in [5, 5.41) is 10.1. The zero-order chi connectivity index (χ0) is 11.5. The van der Waals surface area contributed by atoms with Crippen LogP contribution in [0.2, 0.25) is 0 Å². The van der Waals surface area contributed by atoms with Crippen molar-refractivity contribution in [1.82, 2.24) is 4.90 Å². The van der Waals surface area contributed by atoms with Gasteiger partial charge in [0.15, 0.2) is 0 Å². The number of nitrogens with zero attached hydrogens (tertiary/aromatic N) is 1. The molecule has 0 aliphatic heterocycles. The van der Waals surface area contributed by atoms with E-state index in [1.807, 2.05) is 24.3 Å². The normalized spacial score (nSPS) is 17.7. The van der Waals surface area contributed by atoms with E-state index in [0.717, 1.165) is 24.3 Å². The highest BCUT2D eigenvalue weighted by Gasteiger charge is 2.29. The first kappa shape index (κ1) is 11.4. The predicted molar refractivity (Wildman–Crippen MR) is 66.1 cm³/mol. The fourth-order valence-corrected chi connectivity index (χ4v) is 2.02. The summed E-state index contributed by atoms with van der Waals surface area (Å²) in [6.07, 6.45) is 2.16. The van der Waals surface area contributed by atoms with Gasteiger partial charge in [-0.25, -0.2) is 0 Å². The number of nitrogen functional groups attached to an aromatic ring is 1. The Balaban J connectivity index is 1.95. The second-order valence-corrected chi connectivity index (χ2v) is 4.50. The highest BCUT2D eigenvalue weighted by atomic mass is 16.3. The highest BCUT2D eigenvalue weighted by Crippen LogP contribution is 2.28. The average molecular weight is 220 g/mol. The summed E-state index contributed by atoms with van der Waals surface area (Å²) < 4.78 is 0. The summed E-state index contributed by atoms with van der Waals surface area (Å²) in [5.74, 6) is 0. The van der Waals surface area contributed by atoms with Crippen molar-refractivity contribution in [3.05, 3.63) is 29.8 Å². The molecule has 3 N–H and O–H groups in total. The van der Waals surface area contributed by atoms with Crippen LogP contribution in [-0.2, 0) is 0 Å². The monoisotopic (exact) mass is 220 g/mol. The first-order valence-electron chi connectivity index (χ1n) is 5.98. The van der Waals surface area contributed by atoms with E-state index in [1.54, 1.807) is 0 Å². The minimum atomic E-state index is -0.402. The third kappa shape index (κ3) is 2.74. The van der Waals surface area contributed by atoms with Gasteiger partial charge in [0.1, 0.15) is 0 Å². The van der Waals surface area contributed by atoms with Gasteiger partial charge in [0.2, 0.25) is 0 Å². The van der Waals surface area contributed by atoms with E-state index in [-0.39, 0.29) is 0 Å². The van der Waals surface area contributed by atoms with Crippen LogP contribution in [0.4, 0.5) is 5.69 Å². The predicted octanol–water partition coefficient (Wildman–Crippen LogP) is 1.79. The minimum absolute atomic E-state index is 0.402. The number of likely N-dealkylation sites (N-methyl/N-ethyl adjacent to an activating group) is 1. The van der Waals surface area contributed by atoms with Gasteiger partial charge in [-0.1, -0.05) is 19.1 Å². The van der Waals surface area contributed by atoms with Gasteiger partial charge in [0, 0.05) is 18.3 Å². The molecule has 0 bridgehead atoms. The van der Waals surface area contributed by atoms with E-state index < -0.39 is 6.10 Å². The summed E-state index contributed by atoms with van der Waals surface area (Å²) in [4.78, 5) is 2.35. The number of aliphatic hydroxyl groups excluding tert-OH is 1. The molecule has 1 saturated carbocycles. The SMILES string of the molecule is CCN(CC(O)c1ccc(N)cc1)C1CC1.